The molecule has 0 radical (unpaired) electrons. The minimum atomic E-state index is -0.626. The number of phenolic OH excluding ortho intramolecular Hbond substituents is 3. The maximum absolute atomic E-state index is 12.4. The first-order valence-corrected chi connectivity index (χ1v) is 7.13. The molecule has 2 rings (SSSR count). The van der Waals surface area contributed by atoms with E-state index in [1.807, 2.05) is 18.7 Å². The Kier molecular flexibility index (Phi) is 4.56. The summed E-state index contributed by atoms with van der Waals surface area (Å²) in [5.41, 5.74) is 0.454. The van der Waals surface area contributed by atoms with Crippen LogP contribution in [0.2, 0.25) is 0 Å². The summed E-state index contributed by atoms with van der Waals surface area (Å²) in [6.45, 7) is 5.33. The zero-order valence-electron chi connectivity index (χ0n) is 12.6. The molecule has 0 aliphatic heterocycles. The number of hydrogen-bond donors (Lipinski definition) is 3. The smallest absolute Gasteiger partial charge is 0.204 e. The molecule has 0 saturated heterocycles. The maximum Gasteiger partial charge on any atom is 0.204 e. The molecular weight excluding hydrogens is 282 g/mol. The van der Waals surface area contributed by atoms with Crippen molar-refractivity contribution < 1.29 is 20.1 Å². The summed E-state index contributed by atoms with van der Waals surface area (Å²) in [5.74, 6) is -1.44. The molecule has 0 spiro atoms. The number of aromatic hydroxyl groups is 3. The van der Waals surface area contributed by atoms with Crippen LogP contribution >= 0.6 is 0 Å². The molecule has 0 atom stereocenters. The van der Waals surface area contributed by atoms with Gasteiger partial charge in [-0.1, -0.05) is 12.1 Å². The third kappa shape index (κ3) is 2.83. The van der Waals surface area contributed by atoms with E-state index in [9.17, 15) is 20.1 Å². The normalized spacial score (nSPS) is 10.5. The van der Waals surface area contributed by atoms with E-state index in [0.29, 0.717) is 18.8 Å². The molecule has 2 aromatic rings. The van der Waals surface area contributed by atoms with Crippen molar-refractivity contribution in [3.8, 4) is 17.2 Å². The van der Waals surface area contributed by atoms with Gasteiger partial charge < -0.3 is 20.2 Å². The van der Waals surface area contributed by atoms with Crippen LogP contribution in [-0.2, 0) is 0 Å². The Morgan fingerprint density at radius 2 is 1.50 bits per heavy atom. The maximum atomic E-state index is 12.4. The number of para-hydroxylation sites is 1. The van der Waals surface area contributed by atoms with Crippen LogP contribution in [0.5, 0.6) is 17.2 Å². The minimum absolute atomic E-state index is 0.0312. The van der Waals surface area contributed by atoms with Gasteiger partial charge in [0.2, 0.25) is 5.78 Å². The summed E-state index contributed by atoms with van der Waals surface area (Å²) in [7, 11) is 0. The van der Waals surface area contributed by atoms with Crippen LogP contribution in [0.4, 0.5) is 5.69 Å². The number of hydrogen-bond acceptors (Lipinski definition) is 5. The van der Waals surface area contributed by atoms with Gasteiger partial charge in [-0.05, 0) is 26.0 Å². The first kappa shape index (κ1) is 15.7. The van der Waals surface area contributed by atoms with Crippen molar-refractivity contribution in [3.63, 3.8) is 0 Å². The van der Waals surface area contributed by atoms with Gasteiger partial charge in [-0.15, -0.1) is 0 Å². The zero-order valence-corrected chi connectivity index (χ0v) is 12.6. The van der Waals surface area contributed by atoms with Crippen molar-refractivity contribution in [1.29, 1.82) is 0 Å². The van der Waals surface area contributed by atoms with E-state index < -0.39 is 5.78 Å². The van der Waals surface area contributed by atoms with Crippen LogP contribution < -0.4 is 4.90 Å². The first-order valence-electron chi connectivity index (χ1n) is 7.13. The molecule has 0 saturated carbocycles. The van der Waals surface area contributed by atoms with Crippen molar-refractivity contribution in [2.45, 2.75) is 13.8 Å². The third-order valence-corrected chi connectivity index (χ3v) is 3.59. The highest BCUT2D eigenvalue weighted by molar-refractivity contribution is 6.14. The second-order valence-electron chi connectivity index (χ2n) is 4.88. The molecule has 0 amide bonds. The predicted octanol–water partition coefficient (Wildman–Crippen LogP) is 2.88. The molecule has 22 heavy (non-hydrogen) atoms. The Hall–Kier alpha value is -2.69. The van der Waals surface area contributed by atoms with Crippen LogP contribution in [0.15, 0.2) is 36.4 Å². The van der Waals surface area contributed by atoms with E-state index in [1.54, 1.807) is 12.1 Å². The molecule has 2 aromatic carbocycles. The van der Waals surface area contributed by atoms with E-state index >= 15 is 0 Å². The second kappa shape index (κ2) is 6.39. The molecule has 5 heteroatoms. The molecule has 5 nitrogen and oxygen atoms in total. The highest BCUT2D eigenvalue weighted by Gasteiger charge is 2.22. The first-order chi connectivity index (χ1) is 10.5. The lowest BCUT2D eigenvalue weighted by Gasteiger charge is -2.22. The average Bonchev–Trinajstić information content (AvgIpc) is 2.48. The third-order valence-electron chi connectivity index (χ3n) is 3.59. The Balaban J connectivity index is 2.49. The van der Waals surface area contributed by atoms with Gasteiger partial charge in [-0.2, -0.15) is 0 Å². The Bertz CT molecular complexity index is 670. The van der Waals surface area contributed by atoms with E-state index in [1.165, 1.54) is 24.3 Å². The largest absolute Gasteiger partial charge is 0.507 e. The van der Waals surface area contributed by atoms with E-state index in [2.05, 4.69) is 0 Å². The summed E-state index contributed by atoms with van der Waals surface area (Å²) in [6, 6.07) is 8.90. The Morgan fingerprint density at radius 1 is 0.955 bits per heavy atom. The number of carbonyl (C=O) groups excluding carboxylic acids is 1. The number of anilines is 1. The fourth-order valence-corrected chi connectivity index (χ4v) is 2.40. The van der Waals surface area contributed by atoms with Gasteiger partial charge >= 0.3 is 0 Å². The Morgan fingerprint density at radius 3 is 2.00 bits per heavy atom. The molecule has 0 fully saturated rings. The molecule has 0 aliphatic rings. The van der Waals surface area contributed by atoms with Crippen LogP contribution in [0, 0.1) is 0 Å². The average molecular weight is 301 g/mol. The molecule has 3 N–H and O–H groups in total. The molecule has 0 aliphatic carbocycles. The van der Waals surface area contributed by atoms with Crippen LogP contribution in [0.1, 0.15) is 29.8 Å². The molecule has 0 aromatic heterocycles. The van der Waals surface area contributed by atoms with Crippen LogP contribution in [-0.4, -0.2) is 34.2 Å². The highest BCUT2D eigenvalue weighted by Crippen LogP contribution is 2.35. The van der Waals surface area contributed by atoms with E-state index in [-0.39, 0.29) is 28.4 Å². The van der Waals surface area contributed by atoms with Gasteiger partial charge in [0, 0.05) is 30.9 Å². The zero-order chi connectivity index (χ0) is 16.3. The van der Waals surface area contributed by atoms with Gasteiger partial charge in [0.25, 0.3) is 0 Å². The highest BCUT2D eigenvalue weighted by atomic mass is 16.3. The minimum Gasteiger partial charge on any atom is -0.507 e. The lowest BCUT2D eigenvalue weighted by atomic mass is 10.00. The quantitative estimate of drug-likeness (QED) is 0.740. The van der Waals surface area contributed by atoms with E-state index in [0.717, 1.165) is 0 Å². The van der Waals surface area contributed by atoms with Crippen molar-refractivity contribution in [3.05, 3.63) is 47.5 Å². The molecule has 0 heterocycles. The van der Waals surface area contributed by atoms with E-state index in [4.69, 9.17) is 0 Å². The summed E-state index contributed by atoms with van der Waals surface area (Å²) in [5, 5.41) is 30.0. The predicted molar refractivity (Wildman–Crippen MR) is 84.9 cm³/mol. The molecule has 0 bridgehead atoms. The standard InChI is InChI=1S/C17H19NO4/c1-3-18(4-2)11-9-14(20)16(15(21)10-11)17(22)12-7-5-6-8-13(12)19/h5-10,19-21H,3-4H2,1-2H3. The fraction of sp³-hybridized carbons (Fsp3) is 0.235. The molecular formula is C17H19NO4. The summed E-state index contributed by atoms with van der Waals surface area (Å²) in [6.07, 6.45) is 0. The molecule has 0 unspecified atom stereocenters. The SMILES string of the molecule is CCN(CC)c1cc(O)c(C(=O)c2ccccc2O)c(O)c1. The number of nitrogens with zero attached hydrogens (tertiary/aromatic N) is 1. The topological polar surface area (TPSA) is 81.0 Å². The summed E-state index contributed by atoms with van der Waals surface area (Å²) in [4.78, 5) is 14.4. The second-order valence-corrected chi connectivity index (χ2v) is 4.88. The van der Waals surface area contributed by atoms with Gasteiger partial charge in [0.15, 0.2) is 0 Å². The van der Waals surface area contributed by atoms with Gasteiger partial charge in [0.1, 0.15) is 22.8 Å². The van der Waals surface area contributed by atoms with Gasteiger partial charge in [-0.25, -0.2) is 0 Å². The van der Waals surface area contributed by atoms with Crippen molar-refractivity contribution >= 4 is 11.5 Å². The van der Waals surface area contributed by atoms with Crippen LogP contribution in [0.25, 0.3) is 0 Å². The number of rotatable bonds is 5. The summed E-state index contributed by atoms with van der Waals surface area (Å²) < 4.78 is 0. The number of ketones is 1. The Labute approximate surface area is 129 Å². The lowest BCUT2D eigenvalue weighted by molar-refractivity contribution is 0.103. The number of phenols is 3. The van der Waals surface area contributed by atoms with Crippen molar-refractivity contribution in [2.24, 2.45) is 0 Å². The van der Waals surface area contributed by atoms with Gasteiger partial charge in [-0.3, -0.25) is 4.79 Å². The molecule has 116 valence electrons. The van der Waals surface area contributed by atoms with Crippen molar-refractivity contribution in [2.75, 3.05) is 18.0 Å². The number of carbonyl (C=O) groups is 1. The van der Waals surface area contributed by atoms with Crippen molar-refractivity contribution in [1.82, 2.24) is 0 Å². The number of benzene rings is 2. The summed E-state index contributed by atoms with van der Waals surface area (Å²) >= 11 is 0. The van der Waals surface area contributed by atoms with Gasteiger partial charge in [0.05, 0.1) is 5.56 Å². The van der Waals surface area contributed by atoms with Crippen LogP contribution in [0.3, 0.4) is 0 Å². The fourth-order valence-electron chi connectivity index (χ4n) is 2.40. The monoisotopic (exact) mass is 301 g/mol. The lowest BCUT2D eigenvalue weighted by Crippen LogP contribution is -2.21.